The average Bonchev–Trinajstić information content (AvgIpc) is 2.46. The Morgan fingerprint density at radius 2 is 1.64 bits per heavy atom. The number of unbranched alkanes of at least 4 members (excludes halogenated alkanes) is 5. The van der Waals surface area contributed by atoms with Gasteiger partial charge in [0.2, 0.25) is 0 Å². The molecule has 126 valence electrons. The molecule has 0 unspecified atom stereocenters. The third-order valence-electron chi connectivity index (χ3n) is 3.70. The first kappa shape index (κ1) is 19.0. The Bertz CT molecular complexity index is 395. The lowest BCUT2D eigenvalue weighted by atomic mass is 9.97. The summed E-state index contributed by atoms with van der Waals surface area (Å²) in [6.07, 6.45) is 7.82. The topological polar surface area (TPSA) is 21.3 Å². The minimum atomic E-state index is 0.314. The highest BCUT2D eigenvalue weighted by Crippen LogP contribution is 2.19. The Morgan fingerprint density at radius 3 is 2.36 bits per heavy atom. The van der Waals surface area contributed by atoms with E-state index in [2.05, 4.69) is 57.3 Å². The molecule has 1 aromatic carbocycles. The summed E-state index contributed by atoms with van der Waals surface area (Å²) in [6, 6.07) is 8.40. The van der Waals surface area contributed by atoms with E-state index in [1.54, 1.807) is 0 Å². The predicted molar refractivity (Wildman–Crippen MR) is 96.5 cm³/mol. The van der Waals surface area contributed by atoms with E-state index in [-0.39, 0.29) is 0 Å². The van der Waals surface area contributed by atoms with E-state index in [0.717, 1.165) is 31.9 Å². The second-order valence-electron chi connectivity index (χ2n) is 7.39. The Labute approximate surface area is 137 Å². The van der Waals surface area contributed by atoms with Crippen LogP contribution in [0.2, 0.25) is 0 Å². The van der Waals surface area contributed by atoms with Gasteiger partial charge in [0.25, 0.3) is 0 Å². The number of ether oxygens (including phenoxy) is 1. The summed E-state index contributed by atoms with van der Waals surface area (Å²) < 4.78 is 5.99. The number of benzene rings is 1. The molecule has 0 amide bonds. The summed E-state index contributed by atoms with van der Waals surface area (Å²) in [7, 11) is 0. The zero-order valence-electron chi connectivity index (χ0n) is 15.1. The minimum Gasteiger partial charge on any atom is -0.493 e. The standard InChI is InChI=1S/C20H35NO/c1-5-6-7-8-9-12-15-22-19-14-11-10-13-18(19)16-21-17-20(2,3)4/h10-11,13-14,21H,5-9,12,15-17H2,1-4H3. The van der Waals surface area contributed by atoms with Crippen LogP contribution < -0.4 is 10.1 Å². The van der Waals surface area contributed by atoms with Gasteiger partial charge in [-0.25, -0.2) is 0 Å². The smallest absolute Gasteiger partial charge is 0.123 e. The SMILES string of the molecule is CCCCCCCCOc1ccccc1CNCC(C)(C)C. The monoisotopic (exact) mass is 305 g/mol. The van der Waals surface area contributed by atoms with Gasteiger partial charge in [0.05, 0.1) is 6.61 Å². The molecule has 0 aliphatic carbocycles. The van der Waals surface area contributed by atoms with Crippen molar-refractivity contribution >= 4 is 0 Å². The molecule has 2 heteroatoms. The molecule has 0 fully saturated rings. The molecule has 0 bridgehead atoms. The van der Waals surface area contributed by atoms with Crippen LogP contribution in [0.25, 0.3) is 0 Å². The molecule has 22 heavy (non-hydrogen) atoms. The highest BCUT2D eigenvalue weighted by molar-refractivity contribution is 5.33. The number of para-hydroxylation sites is 1. The molecule has 0 saturated heterocycles. The van der Waals surface area contributed by atoms with Gasteiger partial charge in [-0.05, 0) is 17.9 Å². The fourth-order valence-corrected chi connectivity index (χ4v) is 2.43. The van der Waals surface area contributed by atoms with Crippen molar-refractivity contribution in [2.75, 3.05) is 13.2 Å². The predicted octanol–water partition coefficient (Wildman–Crippen LogP) is 5.56. The van der Waals surface area contributed by atoms with E-state index in [9.17, 15) is 0 Å². The fourth-order valence-electron chi connectivity index (χ4n) is 2.43. The lowest BCUT2D eigenvalue weighted by molar-refractivity contribution is 0.299. The van der Waals surface area contributed by atoms with Gasteiger partial charge in [0.15, 0.2) is 0 Å². The molecule has 0 aromatic heterocycles. The van der Waals surface area contributed by atoms with Crippen LogP contribution in [-0.4, -0.2) is 13.2 Å². The minimum absolute atomic E-state index is 0.314. The van der Waals surface area contributed by atoms with Gasteiger partial charge < -0.3 is 10.1 Å². The van der Waals surface area contributed by atoms with Crippen molar-refractivity contribution in [2.45, 2.75) is 72.8 Å². The average molecular weight is 306 g/mol. The Balaban J connectivity index is 2.28. The molecule has 0 atom stereocenters. The van der Waals surface area contributed by atoms with Crippen LogP contribution in [0.5, 0.6) is 5.75 Å². The molecule has 2 nitrogen and oxygen atoms in total. The Kier molecular flexibility index (Phi) is 9.22. The van der Waals surface area contributed by atoms with Crippen LogP contribution in [0.4, 0.5) is 0 Å². The van der Waals surface area contributed by atoms with Gasteiger partial charge in [-0.15, -0.1) is 0 Å². The van der Waals surface area contributed by atoms with E-state index >= 15 is 0 Å². The summed E-state index contributed by atoms with van der Waals surface area (Å²) in [6.45, 7) is 11.7. The molecule has 0 heterocycles. The quantitative estimate of drug-likeness (QED) is 0.540. The largest absolute Gasteiger partial charge is 0.493 e. The molecule has 1 N–H and O–H groups in total. The van der Waals surface area contributed by atoms with Crippen LogP contribution in [-0.2, 0) is 6.54 Å². The van der Waals surface area contributed by atoms with Crippen LogP contribution >= 0.6 is 0 Å². The fraction of sp³-hybridized carbons (Fsp3) is 0.700. The molecular weight excluding hydrogens is 270 g/mol. The van der Waals surface area contributed by atoms with E-state index in [0.29, 0.717) is 5.41 Å². The number of hydrogen-bond donors (Lipinski definition) is 1. The van der Waals surface area contributed by atoms with Gasteiger partial charge in [-0.1, -0.05) is 78.0 Å². The van der Waals surface area contributed by atoms with Gasteiger partial charge in [-0.3, -0.25) is 0 Å². The zero-order valence-corrected chi connectivity index (χ0v) is 15.1. The zero-order chi connectivity index (χ0) is 16.3. The van der Waals surface area contributed by atoms with Gasteiger partial charge in [0, 0.05) is 18.7 Å². The maximum atomic E-state index is 5.99. The van der Waals surface area contributed by atoms with Crippen LogP contribution in [0.1, 0.15) is 71.8 Å². The summed E-state index contributed by atoms with van der Waals surface area (Å²) in [4.78, 5) is 0. The van der Waals surface area contributed by atoms with Crippen LogP contribution in [0, 0.1) is 5.41 Å². The summed E-state index contributed by atoms with van der Waals surface area (Å²) in [5.41, 5.74) is 1.58. The van der Waals surface area contributed by atoms with E-state index < -0.39 is 0 Å². The molecule has 0 aliphatic heterocycles. The summed E-state index contributed by atoms with van der Waals surface area (Å²) in [5, 5.41) is 3.53. The van der Waals surface area contributed by atoms with Crippen molar-refractivity contribution in [3.63, 3.8) is 0 Å². The summed E-state index contributed by atoms with van der Waals surface area (Å²) >= 11 is 0. The van der Waals surface area contributed by atoms with E-state index in [1.807, 2.05) is 0 Å². The number of rotatable bonds is 11. The normalized spacial score (nSPS) is 11.6. The third-order valence-corrected chi connectivity index (χ3v) is 3.70. The van der Waals surface area contributed by atoms with Crippen molar-refractivity contribution in [3.8, 4) is 5.75 Å². The lowest BCUT2D eigenvalue weighted by Gasteiger charge is -2.19. The second-order valence-corrected chi connectivity index (χ2v) is 7.39. The maximum absolute atomic E-state index is 5.99. The van der Waals surface area contributed by atoms with Crippen molar-refractivity contribution < 1.29 is 4.74 Å². The first-order chi connectivity index (χ1) is 10.5. The Morgan fingerprint density at radius 1 is 0.955 bits per heavy atom. The number of nitrogens with one attached hydrogen (secondary N) is 1. The van der Waals surface area contributed by atoms with Crippen LogP contribution in [0.15, 0.2) is 24.3 Å². The molecule has 0 aliphatic rings. The molecular formula is C20H35NO. The molecule has 1 aromatic rings. The second kappa shape index (κ2) is 10.7. The van der Waals surface area contributed by atoms with E-state index in [4.69, 9.17) is 4.74 Å². The highest BCUT2D eigenvalue weighted by atomic mass is 16.5. The first-order valence-corrected chi connectivity index (χ1v) is 8.94. The molecule has 0 saturated carbocycles. The van der Waals surface area contributed by atoms with Gasteiger partial charge in [0.1, 0.15) is 5.75 Å². The van der Waals surface area contributed by atoms with Crippen LogP contribution in [0.3, 0.4) is 0 Å². The number of hydrogen-bond acceptors (Lipinski definition) is 2. The third kappa shape index (κ3) is 9.09. The Hall–Kier alpha value is -1.02. The van der Waals surface area contributed by atoms with Crippen molar-refractivity contribution in [3.05, 3.63) is 29.8 Å². The lowest BCUT2D eigenvalue weighted by Crippen LogP contribution is -2.26. The highest BCUT2D eigenvalue weighted by Gasteiger charge is 2.10. The first-order valence-electron chi connectivity index (χ1n) is 8.94. The maximum Gasteiger partial charge on any atom is 0.123 e. The van der Waals surface area contributed by atoms with Crippen molar-refractivity contribution in [2.24, 2.45) is 5.41 Å². The van der Waals surface area contributed by atoms with Crippen molar-refractivity contribution in [1.29, 1.82) is 0 Å². The van der Waals surface area contributed by atoms with Crippen molar-refractivity contribution in [1.82, 2.24) is 5.32 Å². The molecule has 1 rings (SSSR count). The molecule has 0 spiro atoms. The van der Waals surface area contributed by atoms with Gasteiger partial charge >= 0.3 is 0 Å². The molecule has 0 radical (unpaired) electrons. The summed E-state index contributed by atoms with van der Waals surface area (Å²) in [5.74, 6) is 1.04. The van der Waals surface area contributed by atoms with E-state index in [1.165, 1.54) is 37.7 Å². The van der Waals surface area contributed by atoms with Gasteiger partial charge in [-0.2, -0.15) is 0 Å².